The van der Waals surface area contributed by atoms with E-state index in [1.165, 1.54) is 5.56 Å². The van der Waals surface area contributed by atoms with Crippen LogP contribution in [0.1, 0.15) is 11.3 Å². The van der Waals surface area contributed by atoms with Crippen LogP contribution in [0.15, 0.2) is 18.3 Å². The molecule has 16 heavy (non-hydrogen) atoms. The number of pyridine rings is 1. The van der Waals surface area contributed by atoms with Crippen molar-refractivity contribution in [2.24, 2.45) is 0 Å². The Bertz CT molecular complexity index is 318. The Hall–Kier alpha value is -0.970. The van der Waals surface area contributed by atoms with E-state index in [0.717, 1.165) is 12.2 Å². The van der Waals surface area contributed by atoms with Gasteiger partial charge in [-0.2, -0.15) is 0 Å². The number of hydrogen-bond donors (Lipinski definition) is 1. The molecular formula is C12H20N2O2. The first-order valence-corrected chi connectivity index (χ1v) is 5.39. The van der Waals surface area contributed by atoms with Crippen molar-refractivity contribution in [2.45, 2.75) is 19.6 Å². The fourth-order valence-corrected chi connectivity index (χ4v) is 1.61. The fourth-order valence-electron chi connectivity index (χ4n) is 1.61. The third-order valence-electron chi connectivity index (χ3n) is 2.42. The molecule has 1 heterocycles. The lowest BCUT2D eigenvalue weighted by atomic mass is 10.2. The van der Waals surface area contributed by atoms with Gasteiger partial charge in [-0.25, -0.2) is 0 Å². The minimum absolute atomic E-state index is 0.367. The van der Waals surface area contributed by atoms with Gasteiger partial charge in [0.15, 0.2) is 0 Å². The van der Waals surface area contributed by atoms with E-state index < -0.39 is 6.10 Å². The van der Waals surface area contributed by atoms with Crippen LogP contribution < -0.4 is 0 Å². The SMILES string of the molecule is COCC(O)CN(C)Cc1ncccc1C. The van der Waals surface area contributed by atoms with Gasteiger partial charge in [-0.1, -0.05) is 6.07 Å². The summed E-state index contributed by atoms with van der Waals surface area (Å²) in [4.78, 5) is 6.36. The highest BCUT2D eigenvalue weighted by Crippen LogP contribution is 2.06. The number of rotatable bonds is 6. The molecule has 1 unspecified atom stereocenters. The third-order valence-corrected chi connectivity index (χ3v) is 2.42. The Morgan fingerprint density at radius 2 is 2.31 bits per heavy atom. The maximum absolute atomic E-state index is 9.58. The van der Waals surface area contributed by atoms with Gasteiger partial charge in [-0.3, -0.25) is 9.88 Å². The fraction of sp³-hybridized carbons (Fsp3) is 0.583. The highest BCUT2D eigenvalue weighted by Gasteiger charge is 2.09. The molecule has 0 amide bonds. The van der Waals surface area contributed by atoms with Crippen molar-refractivity contribution >= 4 is 0 Å². The lowest BCUT2D eigenvalue weighted by Gasteiger charge is -2.20. The summed E-state index contributed by atoms with van der Waals surface area (Å²) in [6.07, 6.45) is 1.35. The number of likely N-dealkylation sites (N-methyl/N-ethyl adjacent to an activating group) is 1. The van der Waals surface area contributed by atoms with E-state index in [9.17, 15) is 5.11 Å². The van der Waals surface area contributed by atoms with Gasteiger partial charge in [0.1, 0.15) is 0 Å². The van der Waals surface area contributed by atoms with Crippen LogP contribution in [0.5, 0.6) is 0 Å². The van der Waals surface area contributed by atoms with Crippen molar-refractivity contribution in [3.63, 3.8) is 0 Å². The molecule has 90 valence electrons. The summed E-state index contributed by atoms with van der Waals surface area (Å²) in [6.45, 7) is 3.74. The molecule has 0 aliphatic rings. The maximum atomic E-state index is 9.58. The summed E-state index contributed by atoms with van der Waals surface area (Å²) in [5.41, 5.74) is 2.23. The Kier molecular flexibility index (Phi) is 5.38. The van der Waals surface area contributed by atoms with Crippen molar-refractivity contribution in [1.82, 2.24) is 9.88 Å². The molecule has 4 heteroatoms. The Balaban J connectivity index is 2.45. The maximum Gasteiger partial charge on any atom is 0.0900 e. The normalized spacial score (nSPS) is 13.1. The average molecular weight is 224 g/mol. The number of aliphatic hydroxyl groups excluding tert-OH is 1. The first kappa shape index (κ1) is 13.1. The van der Waals surface area contributed by atoms with E-state index in [-0.39, 0.29) is 0 Å². The number of ether oxygens (including phenoxy) is 1. The Morgan fingerprint density at radius 3 is 2.94 bits per heavy atom. The van der Waals surface area contributed by atoms with Gasteiger partial charge in [0, 0.05) is 26.4 Å². The number of aromatic nitrogens is 1. The van der Waals surface area contributed by atoms with Crippen molar-refractivity contribution < 1.29 is 9.84 Å². The quantitative estimate of drug-likeness (QED) is 0.777. The zero-order chi connectivity index (χ0) is 12.0. The molecule has 1 N–H and O–H groups in total. The van der Waals surface area contributed by atoms with E-state index in [1.54, 1.807) is 13.3 Å². The highest BCUT2D eigenvalue weighted by atomic mass is 16.5. The van der Waals surface area contributed by atoms with E-state index in [0.29, 0.717) is 13.2 Å². The van der Waals surface area contributed by atoms with Crippen LogP contribution in [0.2, 0.25) is 0 Å². The van der Waals surface area contributed by atoms with Crippen LogP contribution >= 0.6 is 0 Å². The van der Waals surface area contributed by atoms with Gasteiger partial charge in [0.05, 0.1) is 18.4 Å². The average Bonchev–Trinajstić information content (AvgIpc) is 2.21. The molecule has 0 fully saturated rings. The summed E-state index contributed by atoms with van der Waals surface area (Å²) in [5, 5.41) is 9.58. The second kappa shape index (κ2) is 6.58. The zero-order valence-corrected chi connectivity index (χ0v) is 10.2. The summed E-state index contributed by atoms with van der Waals surface area (Å²) in [5.74, 6) is 0. The zero-order valence-electron chi connectivity index (χ0n) is 10.2. The topological polar surface area (TPSA) is 45.6 Å². The molecule has 0 aliphatic carbocycles. The van der Waals surface area contributed by atoms with Gasteiger partial charge >= 0.3 is 0 Å². The molecule has 4 nitrogen and oxygen atoms in total. The van der Waals surface area contributed by atoms with Crippen LogP contribution in [0.3, 0.4) is 0 Å². The first-order valence-electron chi connectivity index (χ1n) is 5.39. The van der Waals surface area contributed by atoms with E-state index in [4.69, 9.17) is 4.74 Å². The van der Waals surface area contributed by atoms with E-state index in [1.807, 2.05) is 31.0 Å². The predicted octanol–water partition coefficient (Wildman–Crippen LogP) is 0.829. The molecule has 0 aromatic carbocycles. The number of methoxy groups -OCH3 is 1. The number of nitrogens with zero attached hydrogens (tertiary/aromatic N) is 2. The molecule has 1 aromatic rings. The van der Waals surface area contributed by atoms with Crippen molar-refractivity contribution in [3.8, 4) is 0 Å². The van der Waals surface area contributed by atoms with E-state index >= 15 is 0 Å². The van der Waals surface area contributed by atoms with Gasteiger partial charge in [-0.15, -0.1) is 0 Å². The molecule has 0 saturated heterocycles. The van der Waals surface area contributed by atoms with E-state index in [2.05, 4.69) is 4.98 Å². The highest BCUT2D eigenvalue weighted by molar-refractivity contribution is 5.17. The third kappa shape index (κ3) is 4.26. The second-order valence-electron chi connectivity index (χ2n) is 4.07. The van der Waals surface area contributed by atoms with Crippen LogP contribution in [-0.2, 0) is 11.3 Å². The molecule has 1 rings (SSSR count). The van der Waals surface area contributed by atoms with Crippen molar-refractivity contribution in [3.05, 3.63) is 29.6 Å². The Labute approximate surface area is 96.9 Å². The number of aliphatic hydroxyl groups is 1. The van der Waals surface area contributed by atoms with Crippen molar-refractivity contribution in [1.29, 1.82) is 0 Å². The standard InChI is InChI=1S/C12H20N2O2/c1-10-5-4-6-13-12(10)8-14(2)7-11(15)9-16-3/h4-6,11,15H,7-9H2,1-3H3. The molecule has 0 bridgehead atoms. The van der Waals surface area contributed by atoms with Gasteiger partial charge in [0.2, 0.25) is 0 Å². The summed E-state index contributed by atoms with van der Waals surface area (Å²) in [7, 11) is 3.55. The van der Waals surface area contributed by atoms with Crippen LogP contribution in [-0.4, -0.2) is 48.4 Å². The lowest BCUT2D eigenvalue weighted by Crippen LogP contribution is -2.32. The molecule has 0 radical (unpaired) electrons. The summed E-state index contributed by atoms with van der Waals surface area (Å²) in [6, 6.07) is 3.97. The predicted molar refractivity (Wildman–Crippen MR) is 63.2 cm³/mol. The minimum Gasteiger partial charge on any atom is -0.389 e. The number of hydrogen-bond acceptors (Lipinski definition) is 4. The second-order valence-corrected chi connectivity index (χ2v) is 4.07. The molecule has 0 saturated carbocycles. The van der Waals surface area contributed by atoms with Crippen LogP contribution in [0.4, 0.5) is 0 Å². The Morgan fingerprint density at radius 1 is 1.56 bits per heavy atom. The largest absolute Gasteiger partial charge is 0.389 e. The monoisotopic (exact) mass is 224 g/mol. The minimum atomic E-state index is -0.445. The molecule has 0 aliphatic heterocycles. The first-order chi connectivity index (χ1) is 7.63. The van der Waals surface area contributed by atoms with Gasteiger partial charge in [-0.05, 0) is 25.6 Å². The van der Waals surface area contributed by atoms with Gasteiger partial charge in [0.25, 0.3) is 0 Å². The lowest BCUT2D eigenvalue weighted by molar-refractivity contribution is 0.0416. The molecule has 1 aromatic heterocycles. The summed E-state index contributed by atoms with van der Waals surface area (Å²) >= 11 is 0. The van der Waals surface area contributed by atoms with Crippen LogP contribution in [0, 0.1) is 6.92 Å². The molecule has 0 spiro atoms. The molecular weight excluding hydrogens is 204 g/mol. The smallest absolute Gasteiger partial charge is 0.0900 e. The molecule has 1 atom stereocenters. The van der Waals surface area contributed by atoms with Crippen molar-refractivity contribution in [2.75, 3.05) is 27.3 Å². The van der Waals surface area contributed by atoms with Gasteiger partial charge < -0.3 is 9.84 Å². The summed E-state index contributed by atoms with van der Waals surface area (Å²) < 4.78 is 4.89. The number of aryl methyl sites for hydroxylation is 1. The van der Waals surface area contributed by atoms with Crippen LogP contribution in [0.25, 0.3) is 0 Å².